The molecule has 0 saturated carbocycles. The van der Waals surface area contributed by atoms with Crippen molar-refractivity contribution in [2.45, 2.75) is 25.7 Å². The van der Waals surface area contributed by atoms with Crippen molar-refractivity contribution in [3.63, 3.8) is 0 Å². The second-order valence-corrected chi connectivity index (χ2v) is 7.40. The van der Waals surface area contributed by atoms with Crippen LogP contribution < -0.4 is 19.7 Å². The molecule has 0 unspecified atom stereocenters. The van der Waals surface area contributed by atoms with E-state index in [2.05, 4.69) is 11.4 Å². The van der Waals surface area contributed by atoms with Crippen molar-refractivity contribution in [3.05, 3.63) is 53.1 Å². The first-order valence-electron chi connectivity index (χ1n) is 10.2. The van der Waals surface area contributed by atoms with Crippen LogP contribution in [0.15, 0.2) is 42.5 Å². The normalized spacial score (nSPS) is 12.0. The Morgan fingerprint density at radius 3 is 2.68 bits per heavy atom. The highest BCUT2D eigenvalue weighted by molar-refractivity contribution is 6.32. The number of nitrogens with one attached hydrogen (secondary N) is 1. The van der Waals surface area contributed by atoms with Crippen LogP contribution in [0.25, 0.3) is 0 Å². The minimum atomic E-state index is -0.203. The molecule has 0 aromatic heterocycles. The van der Waals surface area contributed by atoms with Gasteiger partial charge in [0.2, 0.25) is 11.8 Å². The lowest BCUT2D eigenvalue weighted by Crippen LogP contribution is -2.33. The van der Waals surface area contributed by atoms with Crippen molar-refractivity contribution in [1.82, 2.24) is 5.32 Å². The Morgan fingerprint density at radius 2 is 1.90 bits per heavy atom. The Hall–Kier alpha value is -3.24. The first-order chi connectivity index (χ1) is 15.1. The number of rotatable bonds is 9. The lowest BCUT2D eigenvalue weighted by molar-refractivity contribution is -0.125. The van der Waals surface area contributed by atoms with Gasteiger partial charge >= 0.3 is 0 Å². The van der Waals surface area contributed by atoms with Crippen LogP contribution in [0, 0.1) is 11.3 Å². The van der Waals surface area contributed by atoms with Gasteiger partial charge in [-0.1, -0.05) is 29.8 Å². The number of hydrogen-bond acceptors (Lipinski definition) is 5. The molecule has 1 N–H and O–H groups in total. The monoisotopic (exact) mass is 441 g/mol. The molecule has 7 nitrogen and oxygen atoms in total. The van der Waals surface area contributed by atoms with Gasteiger partial charge in [0.05, 0.1) is 17.5 Å². The lowest BCUT2D eigenvalue weighted by atomic mass is 10.1. The van der Waals surface area contributed by atoms with Crippen LogP contribution in [0.2, 0.25) is 5.02 Å². The summed E-state index contributed by atoms with van der Waals surface area (Å²) >= 11 is 6.24. The summed E-state index contributed by atoms with van der Waals surface area (Å²) < 4.78 is 11.1. The number of carbonyl (C=O) groups excluding carboxylic acids is 2. The molecule has 31 heavy (non-hydrogen) atoms. The summed E-state index contributed by atoms with van der Waals surface area (Å²) in [6, 6.07) is 14.9. The van der Waals surface area contributed by atoms with Gasteiger partial charge in [0.15, 0.2) is 11.5 Å². The largest absolute Gasteiger partial charge is 0.486 e. The number of anilines is 1. The summed E-state index contributed by atoms with van der Waals surface area (Å²) in [6.07, 6.45) is 0.956. The Balaban J connectivity index is 1.47. The smallest absolute Gasteiger partial charge is 0.227 e. The zero-order valence-corrected chi connectivity index (χ0v) is 17.9. The van der Waals surface area contributed by atoms with Crippen LogP contribution in [0.3, 0.4) is 0 Å². The van der Waals surface area contributed by atoms with E-state index < -0.39 is 0 Å². The predicted molar refractivity (Wildman–Crippen MR) is 117 cm³/mol. The summed E-state index contributed by atoms with van der Waals surface area (Å²) in [6.45, 7) is 1.66. The van der Waals surface area contributed by atoms with Crippen molar-refractivity contribution in [2.75, 3.05) is 31.2 Å². The molecule has 1 aliphatic heterocycles. The number of nitrogens with zero attached hydrogens (tertiary/aromatic N) is 2. The summed E-state index contributed by atoms with van der Waals surface area (Å²) in [5.74, 6) is 0.781. The molecule has 2 aromatic rings. The first-order valence-corrected chi connectivity index (χ1v) is 10.5. The molecule has 0 saturated heterocycles. The van der Waals surface area contributed by atoms with E-state index in [4.69, 9.17) is 26.3 Å². The van der Waals surface area contributed by atoms with Gasteiger partial charge < -0.3 is 19.7 Å². The van der Waals surface area contributed by atoms with Gasteiger partial charge in [-0.15, -0.1) is 0 Å². The molecule has 8 heteroatoms. The van der Waals surface area contributed by atoms with Gasteiger partial charge in [-0.2, -0.15) is 5.26 Å². The molecule has 0 aliphatic carbocycles. The van der Waals surface area contributed by atoms with Gasteiger partial charge in [0.25, 0.3) is 0 Å². The highest BCUT2D eigenvalue weighted by Gasteiger charge is 2.18. The topological polar surface area (TPSA) is 91.7 Å². The molecule has 1 aliphatic rings. The standard InChI is InChI=1S/C23H24ClN3O4/c24-19-15-17(16-20-23(19)31-14-13-30-20)9-11-26-21(28)7-8-22(29)27(12-4-10-25)18-5-2-1-3-6-18/h1-3,5-6,15-16H,4,7-9,11-14H2,(H,26,28). The Bertz CT molecular complexity index is 959. The van der Waals surface area contributed by atoms with Crippen molar-refractivity contribution in [3.8, 4) is 17.6 Å². The van der Waals surface area contributed by atoms with E-state index in [0.717, 1.165) is 11.3 Å². The number of carbonyl (C=O) groups is 2. The van der Waals surface area contributed by atoms with Gasteiger partial charge in [-0.05, 0) is 36.2 Å². The third-order valence-electron chi connectivity index (χ3n) is 4.77. The Morgan fingerprint density at radius 1 is 1.13 bits per heavy atom. The fraction of sp³-hybridized carbons (Fsp3) is 0.348. The number of benzene rings is 2. The van der Waals surface area contributed by atoms with Crippen molar-refractivity contribution < 1.29 is 19.1 Å². The molecule has 0 fully saturated rings. The van der Waals surface area contributed by atoms with E-state index in [1.807, 2.05) is 36.4 Å². The number of hydrogen-bond donors (Lipinski definition) is 1. The molecule has 2 amide bonds. The van der Waals surface area contributed by atoms with E-state index in [-0.39, 0.29) is 31.1 Å². The molecule has 3 rings (SSSR count). The third kappa shape index (κ3) is 6.37. The van der Waals surface area contributed by atoms with E-state index in [9.17, 15) is 9.59 Å². The van der Waals surface area contributed by atoms with E-state index in [1.54, 1.807) is 11.0 Å². The highest BCUT2D eigenvalue weighted by atomic mass is 35.5. The molecular weight excluding hydrogens is 418 g/mol. The average Bonchev–Trinajstić information content (AvgIpc) is 2.79. The van der Waals surface area contributed by atoms with E-state index >= 15 is 0 Å². The molecule has 162 valence electrons. The fourth-order valence-electron chi connectivity index (χ4n) is 3.27. The first kappa shape index (κ1) is 22.4. The van der Waals surface area contributed by atoms with E-state index in [1.165, 1.54) is 0 Å². The summed E-state index contributed by atoms with van der Waals surface area (Å²) in [5, 5.41) is 12.2. The summed E-state index contributed by atoms with van der Waals surface area (Å²) in [4.78, 5) is 26.4. The second-order valence-electron chi connectivity index (χ2n) is 6.99. The average molecular weight is 442 g/mol. The maximum absolute atomic E-state index is 12.6. The van der Waals surface area contributed by atoms with Crippen LogP contribution in [-0.4, -0.2) is 38.1 Å². The number of halogens is 1. The quantitative estimate of drug-likeness (QED) is 0.643. The highest BCUT2D eigenvalue weighted by Crippen LogP contribution is 2.38. The van der Waals surface area contributed by atoms with Gasteiger partial charge in [0, 0.05) is 31.6 Å². The second kappa shape index (κ2) is 11.2. The zero-order valence-electron chi connectivity index (χ0n) is 17.1. The van der Waals surface area contributed by atoms with Gasteiger partial charge in [0.1, 0.15) is 13.2 Å². The molecule has 0 atom stereocenters. The summed E-state index contributed by atoms with van der Waals surface area (Å²) in [5.41, 5.74) is 1.65. The van der Waals surface area contributed by atoms with Crippen LogP contribution in [0.5, 0.6) is 11.5 Å². The molecule has 1 heterocycles. The SMILES string of the molecule is N#CCCN(C(=O)CCC(=O)NCCc1cc(Cl)c2c(c1)OCCO2)c1ccccc1. The number of amides is 2. The van der Waals surface area contributed by atoms with E-state index in [0.29, 0.717) is 49.2 Å². The minimum Gasteiger partial charge on any atom is -0.486 e. The summed E-state index contributed by atoms with van der Waals surface area (Å²) in [7, 11) is 0. The Kier molecular flexibility index (Phi) is 8.13. The number of fused-ring (bicyclic) bond motifs is 1. The molecule has 0 spiro atoms. The van der Waals surface area contributed by atoms with Crippen molar-refractivity contribution in [1.29, 1.82) is 5.26 Å². The van der Waals surface area contributed by atoms with Crippen LogP contribution in [0.1, 0.15) is 24.8 Å². The third-order valence-corrected chi connectivity index (χ3v) is 5.06. The van der Waals surface area contributed by atoms with Crippen LogP contribution >= 0.6 is 11.6 Å². The molecule has 0 radical (unpaired) electrons. The van der Waals surface area contributed by atoms with Gasteiger partial charge in [-0.25, -0.2) is 0 Å². The van der Waals surface area contributed by atoms with Crippen LogP contribution in [-0.2, 0) is 16.0 Å². The predicted octanol–water partition coefficient (Wildman–Crippen LogP) is 3.50. The maximum atomic E-state index is 12.6. The molecular formula is C23H24ClN3O4. The van der Waals surface area contributed by atoms with Crippen molar-refractivity contribution >= 4 is 29.1 Å². The minimum absolute atomic E-state index is 0.0714. The number of ether oxygens (including phenoxy) is 2. The maximum Gasteiger partial charge on any atom is 0.227 e. The van der Waals surface area contributed by atoms with Crippen LogP contribution in [0.4, 0.5) is 5.69 Å². The molecule has 0 bridgehead atoms. The zero-order chi connectivity index (χ0) is 22.1. The lowest BCUT2D eigenvalue weighted by Gasteiger charge is -2.21. The number of para-hydroxylation sites is 1. The number of nitriles is 1. The van der Waals surface area contributed by atoms with Gasteiger partial charge in [-0.3, -0.25) is 9.59 Å². The molecule has 2 aromatic carbocycles. The Labute approximate surface area is 186 Å². The van der Waals surface area contributed by atoms with Crippen molar-refractivity contribution in [2.24, 2.45) is 0 Å². The fourth-order valence-corrected chi connectivity index (χ4v) is 3.55.